The third-order valence-electron chi connectivity index (χ3n) is 5.58. The molecule has 0 N–H and O–H groups in total. The summed E-state index contributed by atoms with van der Waals surface area (Å²) in [5, 5.41) is 6.56. The Labute approximate surface area is 197 Å². The molecule has 0 aliphatic carbocycles. The third kappa shape index (κ3) is 4.76. The van der Waals surface area contributed by atoms with Gasteiger partial charge >= 0.3 is 0 Å². The maximum absolute atomic E-state index is 6.07. The highest BCUT2D eigenvalue weighted by atomic mass is 35.5. The average Bonchev–Trinajstić information content (AvgIpc) is 3.22. The minimum Gasteiger partial charge on any atom is -0.354 e. The van der Waals surface area contributed by atoms with Crippen molar-refractivity contribution >= 4 is 40.0 Å². The molecule has 0 unspecified atom stereocenters. The SMILES string of the molecule is Clc1cc(Cl)cc(C#Cc2cccc(CN3CCN(c4noc5ccccc45)CC3)c2)c1. The van der Waals surface area contributed by atoms with E-state index in [1.807, 2.05) is 36.4 Å². The summed E-state index contributed by atoms with van der Waals surface area (Å²) < 4.78 is 5.47. The summed E-state index contributed by atoms with van der Waals surface area (Å²) in [5.74, 6) is 7.32. The standard InChI is InChI=1S/C26H21Cl2N3O/c27-22-15-20(16-23(28)17-22)9-8-19-4-3-5-21(14-19)18-30-10-12-31(13-11-30)26-24-6-1-2-7-25(24)32-29-26/h1-7,14-17H,10-13,18H2. The van der Waals surface area contributed by atoms with Crippen LogP contribution in [0.5, 0.6) is 0 Å². The van der Waals surface area contributed by atoms with Crippen LogP contribution in [-0.2, 0) is 6.54 Å². The lowest BCUT2D eigenvalue weighted by molar-refractivity contribution is 0.248. The largest absolute Gasteiger partial charge is 0.354 e. The second-order valence-corrected chi connectivity index (χ2v) is 8.75. The summed E-state index contributed by atoms with van der Waals surface area (Å²) in [6, 6.07) is 21.8. The molecule has 4 nitrogen and oxygen atoms in total. The van der Waals surface area contributed by atoms with Crippen LogP contribution in [0.3, 0.4) is 0 Å². The first-order valence-corrected chi connectivity index (χ1v) is 11.3. The van der Waals surface area contributed by atoms with Gasteiger partial charge in [-0.25, -0.2) is 0 Å². The predicted octanol–water partition coefficient (Wildman–Crippen LogP) is 5.86. The van der Waals surface area contributed by atoms with Crippen LogP contribution in [0.15, 0.2) is 71.3 Å². The number of hydrogen-bond acceptors (Lipinski definition) is 4. The Morgan fingerprint density at radius 1 is 0.812 bits per heavy atom. The Bertz CT molecular complexity index is 1290. The van der Waals surface area contributed by atoms with E-state index in [9.17, 15) is 0 Å². The average molecular weight is 462 g/mol. The Morgan fingerprint density at radius 2 is 1.56 bits per heavy atom. The Balaban J connectivity index is 1.23. The van der Waals surface area contributed by atoms with Gasteiger partial charge in [-0.1, -0.05) is 64.5 Å². The number of aromatic nitrogens is 1. The maximum atomic E-state index is 6.07. The van der Waals surface area contributed by atoms with Gasteiger partial charge in [0, 0.05) is 53.9 Å². The van der Waals surface area contributed by atoms with Crippen molar-refractivity contribution in [3.8, 4) is 11.8 Å². The summed E-state index contributed by atoms with van der Waals surface area (Å²) in [7, 11) is 0. The van der Waals surface area contributed by atoms with E-state index in [0.717, 1.165) is 60.6 Å². The molecule has 0 spiro atoms. The summed E-state index contributed by atoms with van der Waals surface area (Å²) in [6.07, 6.45) is 0. The number of hydrogen-bond donors (Lipinski definition) is 0. The second-order valence-electron chi connectivity index (χ2n) is 7.87. The summed E-state index contributed by atoms with van der Waals surface area (Å²) in [4.78, 5) is 4.77. The zero-order valence-corrected chi connectivity index (χ0v) is 18.9. The summed E-state index contributed by atoms with van der Waals surface area (Å²) >= 11 is 12.1. The molecule has 1 aliphatic rings. The smallest absolute Gasteiger partial charge is 0.180 e. The molecule has 1 aromatic heterocycles. The number of anilines is 1. The van der Waals surface area contributed by atoms with Crippen LogP contribution in [0.25, 0.3) is 11.0 Å². The lowest BCUT2D eigenvalue weighted by Crippen LogP contribution is -2.46. The van der Waals surface area contributed by atoms with E-state index in [4.69, 9.17) is 27.7 Å². The van der Waals surface area contributed by atoms with Crippen molar-refractivity contribution in [2.75, 3.05) is 31.1 Å². The maximum Gasteiger partial charge on any atom is 0.180 e. The van der Waals surface area contributed by atoms with Crippen molar-refractivity contribution in [1.82, 2.24) is 10.1 Å². The van der Waals surface area contributed by atoms with Crippen molar-refractivity contribution in [2.24, 2.45) is 0 Å². The summed E-state index contributed by atoms with van der Waals surface area (Å²) in [6.45, 7) is 4.68. The van der Waals surface area contributed by atoms with Crippen molar-refractivity contribution in [1.29, 1.82) is 0 Å². The lowest BCUT2D eigenvalue weighted by Gasteiger charge is -2.34. The minimum atomic E-state index is 0.591. The van der Waals surface area contributed by atoms with E-state index in [-0.39, 0.29) is 0 Å². The Kier molecular flexibility index (Phi) is 6.05. The highest BCUT2D eigenvalue weighted by Gasteiger charge is 2.21. The van der Waals surface area contributed by atoms with Crippen molar-refractivity contribution in [2.45, 2.75) is 6.54 Å². The number of halogens is 2. The highest BCUT2D eigenvalue weighted by Crippen LogP contribution is 2.26. The zero-order valence-electron chi connectivity index (χ0n) is 17.4. The van der Waals surface area contributed by atoms with Crippen LogP contribution in [0.4, 0.5) is 5.82 Å². The number of rotatable bonds is 3. The zero-order chi connectivity index (χ0) is 21.9. The van der Waals surface area contributed by atoms with E-state index in [1.165, 1.54) is 5.56 Å². The number of benzene rings is 3. The molecule has 1 saturated heterocycles. The van der Waals surface area contributed by atoms with Gasteiger partial charge in [0.1, 0.15) is 0 Å². The van der Waals surface area contributed by atoms with Gasteiger partial charge in [-0.3, -0.25) is 4.90 Å². The molecule has 1 fully saturated rings. The molecule has 0 amide bonds. The fraction of sp³-hybridized carbons (Fsp3) is 0.192. The van der Waals surface area contributed by atoms with E-state index in [0.29, 0.717) is 10.0 Å². The van der Waals surface area contributed by atoms with Crippen LogP contribution in [0, 0.1) is 11.8 Å². The molecule has 0 saturated carbocycles. The van der Waals surface area contributed by atoms with Gasteiger partial charge in [-0.2, -0.15) is 0 Å². The molecule has 3 aromatic carbocycles. The highest BCUT2D eigenvalue weighted by molar-refractivity contribution is 6.34. The minimum absolute atomic E-state index is 0.591. The number of piperazine rings is 1. The van der Waals surface area contributed by atoms with Crippen molar-refractivity contribution < 1.29 is 4.52 Å². The number of fused-ring (bicyclic) bond motifs is 1. The normalized spacial score (nSPS) is 14.4. The Morgan fingerprint density at radius 3 is 2.38 bits per heavy atom. The van der Waals surface area contributed by atoms with Crippen LogP contribution in [0.1, 0.15) is 16.7 Å². The van der Waals surface area contributed by atoms with E-state index < -0.39 is 0 Å². The van der Waals surface area contributed by atoms with Gasteiger partial charge in [-0.05, 0) is 48.0 Å². The molecule has 32 heavy (non-hydrogen) atoms. The molecule has 160 valence electrons. The van der Waals surface area contributed by atoms with Crippen molar-refractivity contribution in [3.05, 3.63) is 93.5 Å². The molecule has 0 atom stereocenters. The first-order valence-electron chi connectivity index (χ1n) is 10.5. The first kappa shape index (κ1) is 20.9. The van der Waals surface area contributed by atoms with E-state index in [2.05, 4.69) is 51.1 Å². The molecular weight excluding hydrogens is 441 g/mol. The van der Waals surface area contributed by atoms with Gasteiger partial charge in [0.25, 0.3) is 0 Å². The van der Waals surface area contributed by atoms with Crippen LogP contribution in [0.2, 0.25) is 10.0 Å². The second kappa shape index (κ2) is 9.26. The Hall–Kier alpha value is -2.97. The molecule has 2 heterocycles. The number of para-hydroxylation sites is 1. The summed E-state index contributed by atoms with van der Waals surface area (Å²) in [5.41, 5.74) is 3.87. The molecule has 4 aromatic rings. The number of nitrogens with zero attached hydrogens (tertiary/aromatic N) is 3. The van der Waals surface area contributed by atoms with Gasteiger partial charge in [-0.15, -0.1) is 0 Å². The molecule has 0 radical (unpaired) electrons. The third-order valence-corrected chi connectivity index (χ3v) is 6.01. The van der Waals surface area contributed by atoms with Crippen molar-refractivity contribution in [3.63, 3.8) is 0 Å². The van der Waals surface area contributed by atoms with Gasteiger partial charge in [0.15, 0.2) is 11.4 Å². The van der Waals surface area contributed by atoms with Crippen LogP contribution in [-0.4, -0.2) is 36.2 Å². The molecule has 0 bridgehead atoms. The van der Waals surface area contributed by atoms with Gasteiger partial charge < -0.3 is 9.42 Å². The predicted molar refractivity (Wildman–Crippen MR) is 130 cm³/mol. The monoisotopic (exact) mass is 461 g/mol. The first-order chi connectivity index (χ1) is 15.6. The van der Waals surface area contributed by atoms with Gasteiger partial charge in [0.05, 0.1) is 5.39 Å². The van der Waals surface area contributed by atoms with Crippen LogP contribution < -0.4 is 4.90 Å². The molecule has 6 heteroatoms. The topological polar surface area (TPSA) is 32.5 Å². The fourth-order valence-electron chi connectivity index (χ4n) is 3.99. The molecule has 1 aliphatic heterocycles. The van der Waals surface area contributed by atoms with E-state index >= 15 is 0 Å². The lowest BCUT2D eigenvalue weighted by atomic mass is 10.1. The quantitative estimate of drug-likeness (QED) is 0.357. The van der Waals surface area contributed by atoms with E-state index in [1.54, 1.807) is 6.07 Å². The molecule has 5 rings (SSSR count). The van der Waals surface area contributed by atoms with Gasteiger partial charge in [0.2, 0.25) is 0 Å². The molecular formula is C26H21Cl2N3O. The fourth-order valence-corrected chi connectivity index (χ4v) is 4.52. The van der Waals surface area contributed by atoms with Crippen LogP contribution >= 0.6 is 23.2 Å².